The van der Waals surface area contributed by atoms with Crippen molar-refractivity contribution in [2.24, 2.45) is 11.5 Å². The molecule has 2 aromatic carbocycles. The number of nitrogens with two attached hydrogens (primary N) is 2. The Balaban J connectivity index is 1.39. The number of hydrogen-bond acceptors (Lipinski definition) is 9. The largest absolute Gasteiger partial charge is 0.444 e. The van der Waals surface area contributed by atoms with Gasteiger partial charge in [0.05, 0.1) is 18.4 Å². The zero-order chi connectivity index (χ0) is 33.7. The number of benzene rings is 2. The van der Waals surface area contributed by atoms with Crippen LogP contribution in [0.2, 0.25) is 0 Å². The molecule has 0 saturated heterocycles. The number of nitrogens with one attached hydrogen (secondary N) is 3. The molecule has 0 fully saturated rings. The van der Waals surface area contributed by atoms with Crippen LogP contribution in [0.25, 0.3) is 0 Å². The number of aromatic nitrogens is 2. The first-order valence-electron chi connectivity index (χ1n) is 15.2. The van der Waals surface area contributed by atoms with E-state index in [9.17, 15) is 14.4 Å². The molecular formula is C34H45N7O4S. The average molecular weight is 648 g/mol. The quantitative estimate of drug-likeness (QED) is 0.117. The van der Waals surface area contributed by atoms with Gasteiger partial charge in [0.25, 0.3) is 0 Å². The molecule has 0 spiro atoms. The summed E-state index contributed by atoms with van der Waals surface area (Å²) in [7, 11) is 0. The summed E-state index contributed by atoms with van der Waals surface area (Å²) in [6.07, 6.45) is 6.19. The zero-order valence-electron chi connectivity index (χ0n) is 27.2. The van der Waals surface area contributed by atoms with E-state index in [1.807, 2.05) is 68.4 Å². The van der Waals surface area contributed by atoms with Crippen molar-refractivity contribution < 1.29 is 19.1 Å². The predicted octanol–water partition coefficient (Wildman–Crippen LogP) is 5.19. The molecule has 0 unspecified atom stereocenters. The molecule has 0 aliphatic heterocycles. The highest BCUT2D eigenvalue weighted by atomic mass is 32.1. The van der Waals surface area contributed by atoms with Crippen LogP contribution in [0.1, 0.15) is 75.6 Å². The molecule has 0 radical (unpaired) electrons. The van der Waals surface area contributed by atoms with Gasteiger partial charge in [-0.3, -0.25) is 9.59 Å². The van der Waals surface area contributed by atoms with Gasteiger partial charge in [0.2, 0.25) is 16.9 Å². The number of allylic oxidation sites excluding steroid dienone is 3. The van der Waals surface area contributed by atoms with Gasteiger partial charge >= 0.3 is 6.09 Å². The van der Waals surface area contributed by atoms with Crippen molar-refractivity contribution in [1.29, 1.82) is 0 Å². The van der Waals surface area contributed by atoms with Gasteiger partial charge in [-0.15, -0.1) is 10.2 Å². The molecule has 46 heavy (non-hydrogen) atoms. The second kappa shape index (κ2) is 16.6. The van der Waals surface area contributed by atoms with Crippen molar-refractivity contribution in [3.63, 3.8) is 0 Å². The fourth-order valence-corrected chi connectivity index (χ4v) is 5.17. The minimum atomic E-state index is -0.712. The number of unbranched alkanes of at least 4 members (excludes halogenated alkanes) is 1. The highest BCUT2D eigenvalue weighted by Crippen LogP contribution is 2.23. The van der Waals surface area contributed by atoms with Gasteiger partial charge in [0.15, 0.2) is 0 Å². The van der Waals surface area contributed by atoms with Crippen LogP contribution in [0.4, 0.5) is 9.93 Å². The molecule has 0 aliphatic rings. The van der Waals surface area contributed by atoms with E-state index in [0.717, 1.165) is 41.0 Å². The van der Waals surface area contributed by atoms with E-state index < -0.39 is 17.2 Å². The molecule has 3 rings (SSSR count). The van der Waals surface area contributed by atoms with Crippen molar-refractivity contribution in [3.8, 4) is 0 Å². The van der Waals surface area contributed by atoms with Gasteiger partial charge in [-0.1, -0.05) is 65.9 Å². The fourth-order valence-electron chi connectivity index (χ4n) is 4.37. The van der Waals surface area contributed by atoms with E-state index in [1.54, 1.807) is 32.9 Å². The lowest BCUT2D eigenvalue weighted by Crippen LogP contribution is -2.43. The Morgan fingerprint density at radius 1 is 0.870 bits per heavy atom. The van der Waals surface area contributed by atoms with E-state index in [1.165, 1.54) is 11.3 Å². The topological polar surface area (TPSA) is 174 Å². The van der Waals surface area contributed by atoms with Gasteiger partial charge in [0, 0.05) is 12.1 Å². The Labute approximate surface area is 274 Å². The van der Waals surface area contributed by atoms with Gasteiger partial charge in [-0.05, 0) is 82.7 Å². The number of carbonyl (C=O) groups excluding carboxylic acids is 3. The number of rotatable bonds is 14. The third-order valence-corrected chi connectivity index (χ3v) is 7.51. The summed E-state index contributed by atoms with van der Waals surface area (Å²) in [5.74, 6) is -0.214. The molecule has 1 heterocycles. The molecule has 3 aromatic rings. The van der Waals surface area contributed by atoms with E-state index in [4.69, 9.17) is 16.2 Å². The summed E-state index contributed by atoms with van der Waals surface area (Å²) in [5, 5.41) is 17.9. The second-order valence-electron chi connectivity index (χ2n) is 12.5. The maximum Gasteiger partial charge on any atom is 0.408 e. The summed E-state index contributed by atoms with van der Waals surface area (Å²) >= 11 is 1.37. The summed E-state index contributed by atoms with van der Waals surface area (Å²) in [6.45, 7) is 9.16. The first kappa shape index (κ1) is 35.8. The summed E-state index contributed by atoms with van der Waals surface area (Å²) in [4.78, 5) is 37.2. The van der Waals surface area contributed by atoms with E-state index in [2.05, 4.69) is 26.1 Å². The molecule has 0 atom stereocenters. The third-order valence-electron chi connectivity index (χ3n) is 6.61. The van der Waals surface area contributed by atoms with Crippen molar-refractivity contribution in [1.82, 2.24) is 20.8 Å². The Kier molecular flexibility index (Phi) is 12.9. The summed E-state index contributed by atoms with van der Waals surface area (Å²) < 4.78 is 5.38. The van der Waals surface area contributed by atoms with Crippen LogP contribution in [0.3, 0.4) is 0 Å². The molecule has 0 aliphatic carbocycles. The van der Waals surface area contributed by atoms with Gasteiger partial charge < -0.3 is 32.2 Å². The van der Waals surface area contributed by atoms with Crippen LogP contribution >= 0.6 is 11.3 Å². The zero-order valence-corrected chi connectivity index (χ0v) is 28.0. The maximum atomic E-state index is 12.6. The monoisotopic (exact) mass is 647 g/mol. The molecule has 1 aromatic heterocycles. The van der Waals surface area contributed by atoms with E-state index in [0.29, 0.717) is 17.2 Å². The van der Waals surface area contributed by atoms with Crippen molar-refractivity contribution >= 4 is 34.4 Å². The van der Waals surface area contributed by atoms with Gasteiger partial charge in [0.1, 0.15) is 16.4 Å². The second-order valence-corrected chi connectivity index (χ2v) is 13.5. The van der Waals surface area contributed by atoms with Crippen LogP contribution in [0.5, 0.6) is 0 Å². The van der Waals surface area contributed by atoms with Crippen molar-refractivity contribution in [2.75, 3.05) is 5.32 Å². The molecule has 11 nitrogen and oxygen atoms in total. The Morgan fingerprint density at radius 2 is 1.57 bits per heavy atom. The van der Waals surface area contributed by atoms with Crippen LogP contribution in [-0.4, -0.2) is 33.7 Å². The molecule has 0 saturated carbocycles. The molecule has 7 N–H and O–H groups in total. The average Bonchev–Trinajstić information content (AvgIpc) is 3.40. The van der Waals surface area contributed by atoms with Crippen LogP contribution < -0.4 is 27.4 Å². The van der Waals surface area contributed by atoms with Crippen LogP contribution in [-0.2, 0) is 39.1 Å². The summed E-state index contributed by atoms with van der Waals surface area (Å²) in [5.41, 5.74) is 14.0. The molecule has 246 valence electrons. The lowest BCUT2D eigenvalue weighted by molar-refractivity contribution is -0.119. The Bertz CT molecular complexity index is 1540. The molecular weight excluding hydrogens is 602 g/mol. The van der Waals surface area contributed by atoms with E-state index in [-0.39, 0.29) is 30.5 Å². The van der Waals surface area contributed by atoms with Crippen molar-refractivity contribution in [3.05, 3.63) is 100.0 Å². The van der Waals surface area contributed by atoms with E-state index >= 15 is 0 Å². The molecule has 0 bridgehead atoms. The third kappa shape index (κ3) is 13.1. The lowest BCUT2D eigenvalue weighted by atomic mass is 9.92. The maximum absolute atomic E-state index is 12.6. The Morgan fingerprint density at radius 3 is 2.28 bits per heavy atom. The van der Waals surface area contributed by atoms with Gasteiger partial charge in [-0.2, -0.15) is 0 Å². The number of aryl methyl sites for hydroxylation is 1. The number of nitrogens with zero attached hydrogens (tertiary/aromatic N) is 2. The van der Waals surface area contributed by atoms with Crippen molar-refractivity contribution in [2.45, 2.75) is 84.3 Å². The summed E-state index contributed by atoms with van der Waals surface area (Å²) in [6, 6.07) is 17.0. The standard InChI is InChI=1S/C34H45N7O4S/c1-33(2,3)45-32(44)39-34(4,5)25-15-11-14-24(20-25)22-28(42)37-27(36)19-18-26(35)16-9-10-17-30-40-41-31(46-30)38-29(43)21-23-12-7-6-8-13-23/h6-8,11-15,18-20H,9-10,16-17,21-22,35-36H2,1-5H3,(H,37,42)(H,39,44)(H,38,41,43)/b26-18-,27-19+. The Hall–Kier alpha value is -4.71. The SMILES string of the molecule is CC(C)(C)OC(=O)NC(C)(C)c1cccc(CC(=O)N/C(N)=C/C=C(\N)CCCCc2nnc(NC(=O)Cc3ccccc3)s2)c1. The normalized spacial score (nSPS) is 12.4. The molecule has 12 heteroatoms. The fraction of sp³-hybridized carbons (Fsp3) is 0.382. The predicted molar refractivity (Wildman–Crippen MR) is 181 cm³/mol. The van der Waals surface area contributed by atoms with Gasteiger partial charge in [-0.25, -0.2) is 4.79 Å². The number of hydrogen-bond donors (Lipinski definition) is 5. The highest BCUT2D eigenvalue weighted by Gasteiger charge is 2.26. The minimum absolute atomic E-state index is 0.105. The first-order valence-corrected chi connectivity index (χ1v) is 16.0. The minimum Gasteiger partial charge on any atom is -0.444 e. The smallest absolute Gasteiger partial charge is 0.408 e. The highest BCUT2D eigenvalue weighted by molar-refractivity contribution is 7.15. The number of carbonyl (C=O) groups is 3. The molecule has 3 amide bonds. The lowest BCUT2D eigenvalue weighted by Gasteiger charge is -2.29. The number of ether oxygens (including phenoxy) is 1. The number of anilines is 1. The van der Waals surface area contributed by atoms with Crippen LogP contribution in [0.15, 0.2) is 78.3 Å². The number of alkyl carbamates (subject to hydrolysis) is 1. The number of amides is 3. The van der Waals surface area contributed by atoms with Crippen LogP contribution in [0, 0.1) is 0 Å². The first-order chi connectivity index (χ1) is 21.7.